The molecule has 0 saturated carbocycles. The predicted molar refractivity (Wildman–Crippen MR) is 112 cm³/mol. The van der Waals surface area contributed by atoms with Crippen molar-refractivity contribution in [2.45, 2.75) is 39.5 Å². The first kappa shape index (κ1) is 17.7. The SMILES string of the molecule is [B]c1cccc(Nc2n[nH]c3c2C(C)c2cc(CCC)c(OCC)cc2-3)c1. The van der Waals surface area contributed by atoms with E-state index in [2.05, 4.69) is 41.5 Å². The summed E-state index contributed by atoms with van der Waals surface area (Å²) in [6.45, 7) is 7.14. The van der Waals surface area contributed by atoms with Crippen LogP contribution in [0.25, 0.3) is 11.3 Å². The van der Waals surface area contributed by atoms with Crippen LogP contribution in [0.15, 0.2) is 36.4 Å². The Labute approximate surface area is 161 Å². The monoisotopic (exact) mass is 357 g/mol. The van der Waals surface area contributed by atoms with Crippen molar-refractivity contribution in [2.75, 3.05) is 11.9 Å². The molecule has 136 valence electrons. The normalized spacial score (nSPS) is 14.7. The molecule has 0 fully saturated rings. The topological polar surface area (TPSA) is 49.9 Å². The van der Waals surface area contributed by atoms with E-state index >= 15 is 0 Å². The Morgan fingerprint density at radius 3 is 2.81 bits per heavy atom. The summed E-state index contributed by atoms with van der Waals surface area (Å²) in [6, 6.07) is 12.2. The molecule has 1 heterocycles. The fourth-order valence-corrected chi connectivity index (χ4v) is 3.95. The number of ether oxygens (including phenoxy) is 1. The van der Waals surface area contributed by atoms with Crippen molar-refractivity contribution in [2.24, 2.45) is 0 Å². The summed E-state index contributed by atoms with van der Waals surface area (Å²) in [5, 5.41) is 11.2. The van der Waals surface area contributed by atoms with E-state index in [0.29, 0.717) is 6.61 Å². The lowest BCUT2D eigenvalue weighted by atomic mass is 9.95. The van der Waals surface area contributed by atoms with E-state index < -0.39 is 0 Å². The van der Waals surface area contributed by atoms with Gasteiger partial charge in [0.25, 0.3) is 0 Å². The summed E-state index contributed by atoms with van der Waals surface area (Å²) < 4.78 is 5.92. The highest BCUT2D eigenvalue weighted by molar-refractivity contribution is 6.32. The van der Waals surface area contributed by atoms with E-state index in [1.54, 1.807) is 0 Å². The van der Waals surface area contributed by atoms with Gasteiger partial charge in [0.05, 0.1) is 12.3 Å². The average molecular weight is 357 g/mol. The van der Waals surface area contributed by atoms with Gasteiger partial charge in [-0.25, -0.2) is 0 Å². The summed E-state index contributed by atoms with van der Waals surface area (Å²) in [7, 11) is 5.90. The van der Waals surface area contributed by atoms with Crippen LogP contribution in [0.3, 0.4) is 0 Å². The Morgan fingerprint density at radius 1 is 1.22 bits per heavy atom. The van der Waals surface area contributed by atoms with Crippen LogP contribution in [-0.4, -0.2) is 24.7 Å². The van der Waals surface area contributed by atoms with Gasteiger partial charge >= 0.3 is 0 Å². The van der Waals surface area contributed by atoms with Gasteiger partial charge in [0.1, 0.15) is 13.6 Å². The Morgan fingerprint density at radius 2 is 2.07 bits per heavy atom. The summed E-state index contributed by atoms with van der Waals surface area (Å²) in [4.78, 5) is 0. The number of aryl methyl sites for hydroxylation is 1. The molecule has 27 heavy (non-hydrogen) atoms. The van der Waals surface area contributed by atoms with Gasteiger partial charge in [-0.05, 0) is 42.7 Å². The minimum absolute atomic E-state index is 0.267. The second-order valence-electron chi connectivity index (χ2n) is 7.06. The lowest BCUT2D eigenvalue weighted by Gasteiger charge is -2.15. The van der Waals surface area contributed by atoms with E-state index in [-0.39, 0.29) is 5.92 Å². The summed E-state index contributed by atoms with van der Waals surface area (Å²) in [5.41, 5.74) is 7.75. The Bertz CT molecular complexity index is 980. The molecule has 5 heteroatoms. The molecule has 1 aliphatic rings. The Kier molecular flexibility index (Phi) is 4.69. The summed E-state index contributed by atoms with van der Waals surface area (Å²) >= 11 is 0. The van der Waals surface area contributed by atoms with Gasteiger partial charge in [-0.15, -0.1) is 0 Å². The molecule has 3 aromatic rings. The van der Waals surface area contributed by atoms with Crippen LogP contribution in [0, 0.1) is 0 Å². The van der Waals surface area contributed by atoms with Gasteiger partial charge in [0, 0.05) is 22.7 Å². The Hall–Kier alpha value is -2.69. The van der Waals surface area contributed by atoms with Crippen LogP contribution in [0.5, 0.6) is 5.75 Å². The number of benzene rings is 2. The van der Waals surface area contributed by atoms with Crippen molar-refractivity contribution < 1.29 is 4.74 Å². The molecule has 1 atom stereocenters. The van der Waals surface area contributed by atoms with Crippen LogP contribution in [0.1, 0.15) is 49.8 Å². The molecule has 0 saturated heterocycles. The number of hydrogen-bond donors (Lipinski definition) is 2. The average Bonchev–Trinajstić information content (AvgIpc) is 3.16. The molecule has 0 spiro atoms. The standard InChI is InChI=1S/C22H24BN3O/c1-4-7-14-10-17-13(3)20-21(18(17)12-19(14)27-5-2)25-26-22(20)24-16-9-6-8-15(23)11-16/h6,8-13H,4-5,7H2,1-3H3,(H2,24,25,26). The van der Waals surface area contributed by atoms with Crippen molar-refractivity contribution in [3.8, 4) is 17.0 Å². The number of hydrogen-bond acceptors (Lipinski definition) is 3. The zero-order chi connectivity index (χ0) is 19.0. The zero-order valence-corrected chi connectivity index (χ0v) is 16.1. The lowest BCUT2D eigenvalue weighted by Crippen LogP contribution is -2.04. The molecule has 1 aliphatic carbocycles. The maximum atomic E-state index is 5.92. The molecule has 4 rings (SSSR count). The van der Waals surface area contributed by atoms with E-state index in [1.165, 1.54) is 22.3 Å². The largest absolute Gasteiger partial charge is 0.494 e. The highest BCUT2D eigenvalue weighted by Crippen LogP contribution is 2.49. The number of H-pyrrole nitrogens is 1. The number of nitrogens with one attached hydrogen (secondary N) is 2. The van der Waals surface area contributed by atoms with Crippen LogP contribution in [0.4, 0.5) is 11.5 Å². The molecule has 0 aliphatic heterocycles. The van der Waals surface area contributed by atoms with Gasteiger partial charge in [-0.2, -0.15) is 5.10 Å². The molecular weight excluding hydrogens is 333 g/mol. The molecule has 0 amide bonds. The number of fused-ring (bicyclic) bond motifs is 3. The predicted octanol–water partition coefficient (Wildman–Crippen LogP) is 4.43. The van der Waals surface area contributed by atoms with Crippen LogP contribution in [0.2, 0.25) is 0 Å². The number of aromatic nitrogens is 2. The smallest absolute Gasteiger partial charge is 0.156 e. The quantitative estimate of drug-likeness (QED) is 0.642. The summed E-state index contributed by atoms with van der Waals surface area (Å²) in [5.74, 6) is 2.11. The highest BCUT2D eigenvalue weighted by atomic mass is 16.5. The first-order valence-corrected chi connectivity index (χ1v) is 9.63. The van der Waals surface area contributed by atoms with Crippen molar-refractivity contribution in [3.63, 3.8) is 0 Å². The summed E-state index contributed by atoms with van der Waals surface area (Å²) in [6.07, 6.45) is 2.12. The molecule has 2 aromatic carbocycles. The van der Waals surface area contributed by atoms with Gasteiger partial charge in [-0.3, -0.25) is 5.10 Å². The molecule has 2 N–H and O–H groups in total. The Balaban J connectivity index is 1.74. The molecule has 2 radical (unpaired) electrons. The van der Waals surface area contributed by atoms with Crippen molar-refractivity contribution in [1.29, 1.82) is 0 Å². The number of aromatic amines is 1. The van der Waals surface area contributed by atoms with Gasteiger partial charge in [-0.1, -0.05) is 43.9 Å². The van der Waals surface area contributed by atoms with Gasteiger partial charge in [0.15, 0.2) is 5.82 Å². The minimum atomic E-state index is 0.267. The van der Waals surface area contributed by atoms with E-state index in [0.717, 1.165) is 41.3 Å². The third-order valence-electron chi connectivity index (χ3n) is 5.17. The van der Waals surface area contributed by atoms with Gasteiger partial charge < -0.3 is 10.1 Å². The maximum absolute atomic E-state index is 5.92. The van der Waals surface area contributed by atoms with Crippen molar-refractivity contribution in [1.82, 2.24) is 10.2 Å². The van der Waals surface area contributed by atoms with Crippen LogP contribution >= 0.6 is 0 Å². The van der Waals surface area contributed by atoms with Crippen LogP contribution in [-0.2, 0) is 6.42 Å². The maximum Gasteiger partial charge on any atom is 0.156 e. The molecular formula is C22H24BN3O. The molecule has 4 nitrogen and oxygen atoms in total. The second-order valence-corrected chi connectivity index (χ2v) is 7.06. The lowest BCUT2D eigenvalue weighted by molar-refractivity contribution is 0.336. The third kappa shape index (κ3) is 3.11. The molecule has 0 bridgehead atoms. The molecule has 1 unspecified atom stereocenters. The van der Waals surface area contributed by atoms with Crippen LogP contribution < -0.4 is 15.5 Å². The van der Waals surface area contributed by atoms with E-state index in [9.17, 15) is 0 Å². The number of nitrogens with zero attached hydrogens (tertiary/aromatic N) is 1. The third-order valence-corrected chi connectivity index (χ3v) is 5.17. The zero-order valence-electron chi connectivity index (χ0n) is 16.1. The fraction of sp³-hybridized carbons (Fsp3) is 0.318. The molecule has 1 aromatic heterocycles. The highest BCUT2D eigenvalue weighted by Gasteiger charge is 2.32. The van der Waals surface area contributed by atoms with Gasteiger partial charge in [0.2, 0.25) is 0 Å². The van der Waals surface area contributed by atoms with Crippen molar-refractivity contribution in [3.05, 3.63) is 53.1 Å². The number of anilines is 2. The van der Waals surface area contributed by atoms with E-state index in [1.807, 2.05) is 31.2 Å². The number of rotatable bonds is 6. The first-order chi connectivity index (χ1) is 13.1. The van der Waals surface area contributed by atoms with Crippen molar-refractivity contribution >= 4 is 24.8 Å². The second kappa shape index (κ2) is 7.14. The van der Waals surface area contributed by atoms with E-state index in [4.69, 9.17) is 12.6 Å². The first-order valence-electron chi connectivity index (χ1n) is 9.63. The fourth-order valence-electron chi connectivity index (χ4n) is 3.95. The minimum Gasteiger partial charge on any atom is -0.494 e.